The summed E-state index contributed by atoms with van der Waals surface area (Å²) in [5.74, 6) is 0. The van der Waals surface area contributed by atoms with Crippen molar-refractivity contribution in [2.45, 2.75) is 47.8 Å². The highest BCUT2D eigenvalue weighted by atomic mass is 16.3. The molecule has 6 aromatic rings. The van der Waals surface area contributed by atoms with Gasteiger partial charge in [0.2, 0.25) is 0 Å². The normalized spacial score (nSPS) is 17.5. The SMILES string of the molecule is [2H]C([2H])([2H])c1cnc2c3ccccc3c3cc4c(cc3c2c1C([2H])([2H])C(C)(C)C)oc1c(C([2H])([2H])[2H])c(C)ccc14. The van der Waals surface area contributed by atoms with Gasteiger partial charge in [-0.3, -0.25) is 4.98 Å². The molecule has 0 N–H and O–H groups in total. The van der Waals surface area contributed by atoms with E-state index in [-0.39, 0.29) is 22.3 Å². The maximum absolute atomic E-state index is 9.28. The smallest absolute Gasteiger partial charge is 0.138 e. The van der Waals surface area contributed by atoms with Gasteiger partial charge in [0.25, 0.3) is 0 Å². The zero-order chi connectivity index (χ0) is 29.9. The van der Waals surface area contributed by atoms with Crippen LogP contribution >= 0.6 is 0 Å². The monoisotopic (exact) mass is 439 g/mol. The molecule has 0 aliphatic heterocycles. The van der Waals surface area contributed by atoms with Crippen LogP contribution < -0.4 is 0 Å². The van der Waals surface area contributed by atoms with E-state index in [2.05, 4.69) is 4.98 Å². The largest absolute Gasteiger partial charge is 0.456 e. The summed E-state index contributed by atoms with van der Waals surface area (Å²) < 4.78 is 74.2. The number of benzene rings is 4. The first kappa shape index (κ1) is 13.3. The van der Waals surface area contributed by atoms with Gasteiger partial charge in [-0.05, 0) is 83.0 Å². The number of aromatic nitrogens is 1. The maximum Gasteiger partial charge on any atom is 0.138 e. The molecule has 2 heteroatoms. The van der Waals surface area contributed by atoms with Gasteiger partial charge in [-0.15, -0.1) is 0 Å². The summed E-state index contributed by atoms with van der Waals surface area (Å²) in [4.78, 5) is 4.63. The zero-order valence-corrected chi connectivity index (χ0v) is 19.1. The molecule has 0 unspecified atom stereocenters. The third kappa shape index (κ3) is 2.97. The fourth-order valence-electron chi connectivity index (χ4n) is 4.82. The summed E-state index contributed by atoms with van der Waals surface area (Å²) in [6.45, 7) is 2.01. The molecule has 0 radical (unpaired) electrons. The lowest BCUT2D eigenvalue weighted by Crippen LogP contribution is -2.11. The predicted molar refractivity (Wildman–Crippen MR) is 141 cm³/mol. The third-order valence-corrected chi connectivity index (χ3v) is 6.31. The van der Waals surface area contributed by atoms with Crippen molar-refractivity contribution in [2.24, 2.45) is 5.41 Å². The second kappa shape index (κ2) is 6.81. The second-order valence-electron chi connectivity index (χ2n) is 9.82. The van der Waals surface area contributed by atoms with Crippen molar-refractivity contribution in [1.29, 1.82) is 0 Å². The Morgan fingerprint density at radius 1 is 0.879 bits per heavy atom. The van der Waals surface area contributed by atoms with Gasteiger partial charge in [0.1, 0.15) is 11.2 Å². The molecule has 0 bridgehead atoms. The molecule has 2 nitrogen and oxygen atoms in total. The highest BCUT2D eigenvalue weighted by Crippen LogP contribution is 2.42. The minimum absolute atomic E-state index is 0.0836. The standard InChI is InChI=1S/C31H29NO/c1-17-11-12-22-24-13-23-20-9-7-8-10-21(20)29-28(25(23)14-27(24)33-30(22)19(17)3)26(15-31(4,5)6)18(2)16-32-29/h7-14,16H,15H2,1-6H3/i2D3,3D3,15D2. The second-order valence-corrected chi connectivity index (χ2v) is 9.82. The number of hydrogen-bond donors (Lipinski definition) is 0. The van der Waals surface area contributed by atoms with E-state index in [0.29, 0.717) is 32.8 Å². The molecule has 164 valence electrons. The molecular weight excluding hydrogens is 402 g/mol. The Hall–Kier alpha value is -3.39. The van der Waals surface area contributed by atoms with Crippen LogP contribution in [0.2, 0.25) is 0 Å². The van der Waals surface area contributed by atoms with Crippen LogP contribution in [0.15, 0.2) is 59.1 Å². The van der Waals surface area contributed by atoms with E-state index in [1.807, 2.05) is 36.4 Å². The molecule has 2 heterocycles. The number of furan rings is 1. The van der Waals surface area contributed by atoms with E-state index >= 15 is 0 Å². The van der Waals surface area contributed by atoms with Gasteiger partial charge in [-0.25, -0.2) is 0 Å². The van der Waals surface area contributed by atoms with Crippen LogP contribution in [-0.2, 0) is 6.37 Å². The lowest BCUT2D eigenvalue weighted by atomic mass is 9.83. The van der Waals surface area contributed by atoms with Crippen LogP contribution in [0.5, 0.6) is 0 Å². The lowest BCUT2D eigenvalue weighted by Gasteiger charge is -2.22. The lowest BCUT2D eigenvalue weighted by molar-refractivity contribution is 0.412. The summed E-state index contributed by atoms with van der Waals surface area (Å²) in [6, 6.07) is 15.0. The summed E-state index contributed by atoms with van der Waals surface area (Å²) in [5.41, 5.74) is 0.974. The van der Waals surface area contributed by atoms with Crippen molar-refractivity contribution in [3.05, 3.63) is 77.0 Å². The fourth-order valence-corrected chi connectivity index (χ4v) is 4.82. The van der Waals surface area contributed by atoms with E-state index < -0.39 is 25.5 Å². The minimum Gasteiger partial charge on any atom is -0.456 e. The first-order valence-electron chi connectivity index (χ1n) is 15.1. The van der Waals surface area contributed by atoms with Gasteiger partial charge >= 0.3 is 0 Å². The quantitative estimate of drug-likeness (QED) is 0.239. The van der Waals surface area contributed by atoms with Crippen LogP contribution in [-0.4, -0.2) is 4.98 Å². The molecule has 4 aromatic carbocycles. The van der Waals surface area contributed by atoms with Gasteiger partial charge in [0, 0.05) is 38.7 Å². The summed E-state index contributed by atoms with van der Waals surface area (Å²) in [7, 11) is 0. The van der Waals surface area contributed by atoms with E-state index in [4.69, 9.17) is 12.6 Å². The molecule has 2 aromatic heterocycles. The van der Waals surface area contributed by atoms with Crippen LogP contribution in [0.3, 0.4) is 0 Å². The number of pyridine rings is 1. The van der Waals surface area contributed by atoms with Crippen molar-refractivity contribution < 1.29 is 15.4 Å². The molecule has 0 fully saturated rings. The highest BCUT2D eigenvalue weighted by Gasteiger charge is 2.21. The predicted octanol–water partition coefficient (Wildman–Crippen LogP) is 8.95. The molecule has 0 aliphatic carbocycles. The van der Waals surface area contributed by atoms with Gasteiger partial charge in [-0.2, -0.15) is 0 Å². The summed E-state index contributed by atoms with van der Waals surface area (Å²) in [5, 5.41) is 4.82. The molecular formula is C31H29NO. The van der Waals surface area contributed by atoms with Gasteiger partial charge in [0.15, 0.2) is 0 Å². The fraction of sp³-hybridized carbons (Fsp3) is 0.258. The van der Waals surface area contributed by atoms with Crippen LogP contribution in [0.25, 0.3) is 54.4 Å². The Kier molecular flexibility index (Phi) is 2.75. The molecule has 0 spiro atoms. The van der Waals surface area contributed by atoms with Gasteiger partial charge < -0.3 is 4.42 Å². The Balaban J connectivity index is 1.92. The summed E-state index contributed by atoms with van der Waals surface area (Å²) in [6.07, 6.45) is -0.765. The minimum atomic E-state index is -2.61. The maximum atomic E-state index is 9.28. The number of fused-ring (bicyclic) bond motifs is 9. The molecule has 0 aliphatic rings. The molecule has 0 saturated carbocycles. The first-order valence-corrected chi connectivity index (χ1v) is 11.1. The Bertz CT molecular complexity index is 2040. The number of hydrogen-bond acceptors (Lipinski definition) is 2. The average molecular weight is 440 g/mol. The van der Waals surface area contributed by atoms with Crippen molar-refractivity contribution in [1.82, 2.24) is 4.98 Å². The van der Waals surface area contributed by atoms with Crippen LogP contribution in [0.1, 0.15) is 54.0 Å². The van der Waals surface area contributed by atoms with Crippen molar-refractivity contribution >= 4 is 54.4 Å². The molecule has 6 rings (SSSR count). The average Bonchev–Trinajstić information content (AvgIpc) is 3.21. The van der Waals surface area contributed by atoms with Gasteiger partial charge in [-0.1, -0.05) is 57.2 Å². The molecule has 33 heavy (non-hydrogen) atoms. The van der Waals surface area contributed by atoms with Crippen molar-refractivity contribution in [2.75, 3.05) is 0 Å². The topological polar surface area (TPSA) is 26.0 Å². The van der Waals surface area contributed by atoms with Crippen LogP contribution in [0, 0.1) is 26.0 Å². The molecule has 0 atom stereocenters. The first-order chi connectivity index (χ1) is 18.9. The number of aryl methyl sites for hydroxylation is 3. The highest BCUT2D eigenvalue weighted by molar-refractivity contribution is 6.28. The van der Waals surface area contributed by atoms with Crippen molar-refractivity contribution in [3.8, 4) is 0 Å². The Labute approximate surface area is 205 Å². The molecule has 0 saturated heterocycles. The Morgan fingerprint density at radius 2 is 1.70 bits per heavy atom. The number of rotatable bonds is 1. The summed E-state index contributed by atoms with van der Waals surface area (Å²) >= 11 is 0. The van der Waals surface area contributed by atoms with E-state index in [9.17, 15) is 2.74 Å². The van der Waals surface area contributed by atoms with E-state index in [0.717, 1.165) is 21.5 Å². The van der Waals surface area contributed by atoms with Gasteiger partial charge in [0.05, 0.1) is 5.52 Å². The van der Waals surface area contributed by atoms with E-state index in [1.165, 1.54) is 6.20 Å². The third-order valence-electron chi connectivity index (χ3n) is 6.31. The van der Waals surface area contributed by atoms with E-state index in [1.54, 1.807) is 39.8 Å². The van der Waals surface area contributed by atoms with Crippen LogP contribution in [0.4, 0.5) is 0 Å². The molecule has 0 amide bonds. The number of nitrogens with zero attached hydrogens (tertiary/aromatic N) is 1. The van der Waals surface area contributed by atoms with Crippen molar-refractivity contribution in [3.63, 3.8) is 0 Å². The Morgan fingerprint density at radius 3 is 2.45 bits per heavy atom. The zero-order valence-electron chi connectivity index (χ0n) is 27.1.